The lowest BCUT2D eigenvalue weighted by atomic mass is 10.1. The summed E-state index contributed by atoms with van der Waals surface area (Å²) < 4.78 is 5.09. The first-order valence-electron chi connectivity index (χ1n) is 6.32. The second-order valence-electron chi connectivity index (χ2n) is 4.69. The van der Waals surface area contributed by atoms with Gasteiger partial charge in [0.05, 0.1) is 7.11 Å². The van der Waals surface area contributed by atoms with Crippen molar-refractivity contribution < 1.29 is 9.53 Å². The van der Waals surface area contributed by atoms with Gasteiger partial charge in [-0.05, 0) is 50.2 Å². The van der Waals surface area contributed by atoms with Crippen molar-refractivity contribution in [2.24, 2.45) is 5.92 Å². The molecule has 0 aromatic heterocycles. The fourth-order valence-electron chi connectivity index (χ4n) is 2.39. The fourth-order valence-corrected chi connectivity index (χ4v) is 2.39. The Balaban J connectivity index is 1.98. The Bertz CT molecular complexity index is 403. The number of methoxy groups -OCH3 is 1. The highest BCUT2D eigenvalue weighted by molar-refractivity contribution is 5.94. The molecule has 98 valence electrons. The molecule has 0 bridgehead atoms. The van der Waals surface area contributed by atoms with Crippen molar-refractivity contribution in [2.75, 3.05) is 33.8 Å². The fraction of sp³-hybridized carbons (Fsp3) is 0.500. The minimum Gasteiger partial charge on any atom is -0.497 e. The summed E-state index contributed by atoms with van der Waals surface area (Å²) in [5.74, 6) is 1.48. The monoisotopic (exact) mass is 248 g/mol. The molecule has 2 rings (SSSR count). The molecule has 1 amide bonds. The number of benzene rings is 1. The van der Waals surface area contributed by atoms with E-state index < -0.39 is 0 Å². The number of hydrogen-bond acceptors (Lipinski definition) is 3. The Morgan fingerprint density at radius 2 is 2.17 bits per heavy atom. The molecule has 1 saturated heterocycles. The van der Waals surface area contributed by atoms with Crippen LogP contribution in [0.2, 0.25) is 0 Å². The summed E-state index contributed by atoms with van der Waals surface area (Å²) in [6.45, 7) is 2.69. The van der Waals surface area contributed by atoms with Gasteiger partial charge in [0.1, 0.15) is 5.75 Å². The molecule has 1 heterocycles. The average molecular weight is 248 g/mol. The summed E-state index contributed by atoms with van der Waals surface area (Å²) >= 11 is 0. The number of ether oxygens (including phenoxy) is 1. The van der Waals surface area contributed by atoms with Gasteiger partial charge in [-0.25, -0.2) is 0 Å². The molecule has 1 aliphatic heterocycles. The lowest BCUT2D eigenvalue weighted by molar-refractivity contribution is 0.0787. The average Bonchev–Trinajstić information content (AvgIpc) is 2.87. The van der Waals surface area contributed by atoms with Gasteiger partial charge in [0.25, 0.3) is 5.91 Å². The molecule has 1 N–H and O–H groups in total. The van der Waals surface area contributed by atoms with Crippen molar-refractivity contribution in [1.82, 2.24) is 10.2 Å². The summed E-state index contributed by atoms with van der Waals surface area (Å²) in [5, 5.41) is 3.17. The minimum atomic E-state index is 0.122. The number of rotatable bonds is 4. The van der Waals surface area contributed by atoms with Crippen molar-refractivity contribution >= 4 is 5.91 Å². The van der Waals surface area contributed by atoms with Crippen molar-refractivity contribution in [3.05, 3.63) is 29.8 Å². The maximum absolute atomic E-state index is 12.3. The van der Waals surface area contributed by atoms with Crippen LogP contribution in [0.15, 0.2) is 24.3 Å². The van der Waals surface area contributed by atoms with E-state index in [2.05, 4.69) is 5.32 Å². The van der Waals surface area contributed by atoms with Gasteiger partial charge in [-0.2, -0.15) is 0 Å². The van der Waals surface area contributed by atoms with E-state index in [9.17, 15) is 4.79 Å². The van der Waals surface area contributed by atoms with Gasteiger partial charge >= 0.3 is 0 Å². The minimum absolute atomic E-state index is 0.122. The lowest BCUT2D eigenvalue weighted by Crippen LogP contribution is -2.30. The summed E-state index contributed by atoms with van der Waals surface area (Å²) in [6, 6.07) is 7.31. The molecule has 18 heavy (non-hydrogen) atoms. The van der Waals surface area contributed by atoms with Gasteiger partial charge in [0, 0.05) is 18.7 Å². The summed E-state index contributed by atoms with van der Waals surface area (Å²) in [6.07, 6.45) is 1.09. The zero-order valence-electron chi connectivity index (χ0n) is 11.0. The number of hydrogen-bond donors (Lipinski definition) is 1. The number of carbonyl (C=O) groups excluding carboxylic acids is 1. The number of nitrogens with zero attached hydrogens (tertiary/aromatic N) is 1. The van der Waals surface area contributed by atoms with E-state index in [1.165, 1.54) is 0 Å². The third-order valence-electron chi connectivity index (χ3n) is 3.40. The molecule has 4 nitrogen and oxygen atoms in total. The SMILES string of the molecule is CNC[C@@H]1CCN(C(=O)c2ccc(OC)cc2)C1. The lowest BCUT2D eigenvalue weighted by Gasteiger charge is -2.16. The topological polar surface area (TPSA) is 41.6 Å². The maximum Gasteiger partial charge on any atom is 0.253 e. The van der Waals surface area contributed by atoms with Crippen LogP contribution in [-0.2, 0) is 0 Å². The number of nitrogens with one attached hydrogen (secondary N) is 1. The predicted molar refractivity (Wildman–Crippen MR) is 70.9 cm³/mol. The van der Waals surface area contributed by atoms with Crippen LogP contribution < -0.4 is 10.1 Å². The zero-order valence-corrected chi connectivity index (χ0v) is 11.0. The Hall–Kier alpha value is -1.55. The molecule has 4 heteroatoms. The Morgan fingerprint density at radius 3 is 2.78 bits per heavy atom. The Kier molecular flexibility index (Phi) is 4.20. The van der Waals surface area contributed by atoms with Crippen molar-refractivity contribution in [3.63, 3.8) is 0 Å². The van der Waals surface area contributed by atoms with Crippen LogP contribution in [0.3, 0.4) is 0 Å². The maximum atomic E-state index is 12.3. The van der Waals surface area contributed by atoms with E-state index >= 15 is 0 Å². The quantitative estimate of drug-likeness (QED) is 0.875. The second-order valence-corrected chi connectivity index (χ2v) is 4.69. The molecule has 1 atom stereocenters. The van der Waals surface area contributed by atoms with Gasteiger partial charge in [0.2, 0.25) is 0 Å². The van der Waals surface area contributed by atoms with E-state index in [0.29, 0.717) is 5.92 Å². The summed E-state index contributed by atoms with van der Waals surface area (Å²) in [7, 11) is 3.58. The smallest absolute Gasteiger partial charge is 0.253 e. The number of carbonyl (C=O) groups is 1. The molecule has 1 aromatic rings. The predicted octanol–water partition coefficient (Wildman–Crippen LogP) is 1.38. The van der Waals surface area contributed by atoms with Crippen molar-refractivity contribution in [1.29, 1.82) is 0 Å². The largest absolute Gasteiger partial charge is 0.497 e. The molecule has 1 fully saturated rings. The molecular weight excluding hydrogens is 228 g/mol. The molecule has 1 aliphatic rings. The number of likely N-dealkylation sites (tertiary alicyclic amines) is 1. The molecule has 0 spiro atoms. The van der Waals surface area contributed by atoms with Gasteiger partial charge < -0.3 is 15.0 Å². The first-order chi connectivity index (χ1) is 8.74. The van der Waals surface area contributed by atoms with E-state index in [-0.39, 0.29) is 5.91 Å². The van der Waals surface area contributed by atoms with Crippen LogP contribution in [0.25, 0.3) is 0 Å². The highest BCUT2D eigenvalue weighted by Crippen LogP contribution is 2.19. The van der Waals surface area contributed by atoms with Crippen LogP contribution in [0.5, 0.6) is 5.75 Å². The van der Waals surface area contributed by atoms with Gasteiger partial charge in [-0.1, -0.05) is 0 Å². The van der Waals surface area contributed by atoms with Crippen LogP contribution in [0, 0.1) is 5.92 Å². The van der Waals surface area contributed by atoms with E-state index in [1.807, 2.05) is 36.2 Å². The summed E-state index contributed by atoms with van der Waals surface area (Å²) in [5.41, 5.74) is 0.737. The van der Waals surface area contributed by atoms with Crippen LogP contribution >= 0.6 is 0 Å². The van der Waals surface area contributed by atoms with Crippen LogP contribution in [0.4, 0.5) is 0 Å². The third kappa shape index (κ3) is 2.82. The molecule has 0 radical (unpaired) electrons. The zero-order chi connectivity index (χ0) is 13.0. The molecule has 1 aromatic carbocycles. The standard InChI is InChI=1S/C14H20N2O2/c1-15-9-11-7-8-16(10-11)14(17)12-3-5-13(18-2)6-4-12/h3-6,11,15H,7-10H2,1-2H3/t11-/m0/s1. The third-order valence-corrected chi connectivity index (χ3v) is 3.40. The second kappa shape index (κ2) is 5.87. The highest BCUT2D eigenvalue weighted by atomic mass is 16.5. The Morgan fingerprint density at radius 1 is 1.44 bits per heavy atom. The van der Waals surface area contributed by atoms with E-state index in [4.69, 9.17) is 4.74 Å². The van der Waals surface area contributed by atoms with Crippen molar-refractivity contribution in [3.8, 4) is 5.75 Å². The first-order valence-corrected chi connectivity index (χ1v) is 6.32. The van der Waals surface area contributed by atoms with Crippen LogP contribution in [0.1, 0.15) is 16.8 Å². The molecule has 0 aliphatic carbocycles. The Labute approximate surface area is 108 Å². The first kappa shape index (κ1) is 12.9. The van der Waals surface area contributed by atoms with Gasteiger partial charge in [-0.15, -0.1) is 0 Å². The normalized spacial score (nSPS) is 19.0. The highest BCUT2D eigenvalue weighted by Gasteiger charge is 2.26. The van der Waals surface area contributed by atoms with Crippen molar-refractivity contribution in [2.45, 2.75) is 6.42 Å². The van der Waals surface area contributed by atoms with E-state index in [1.54, 1.807) is 7.11 Å². The molecule has 0 saturated carbocycles. The van der Waals surface area contributed by atoms with Gasteiger partial charge in [-0.3, -0.25) is 4.79 Å². The molecule has 0 unspecified atom stereocenters. The van der Waals surface area contributed by atoms with Crippen LogP contribution in [-0.4, -0.2) is 44.6 Å². The molecular formula is C14H20N2O2. The van der Waals surface area contributed by atoms with E-state index in [0.717, 1.165) is 37.4 Å². The summed E-state index contributed by atoms with van der Waals surface area (Å²) in [4.78, 5) is 14.2. The number of amides is 1. The van der Waals surface area contributed by atoms with Gasteiger partial charge in [0.15, 0.2) is 0 Å².